The van der Waals surface area contributed by atoms with E-state index in [-0.39, 0.29) is 6.10 Å². The molecule has 1 nitrogen and oxygen atoms in total. The van der Waals surface area contributed by atoms with Crippen LogP contribution in [0, 0.1) is 0 Å². The van der Waals surface area contributed by atoms with Gasteiger partial charge in [0.1, 0.15) is 0 Å². The first kappa shape index (κ1) is 8.93. The SMILES string of the molecule is COC1CCc2cccc3cccc1c23. The summed E-state index contributed by atoms with van der Waals surface area (Å²) in [6, 6.07) is 13.1. The number of hydrogen-bond acceptors (Lipinski definition) is 1. The lowest BCUT2D eigenvalue weighted by molar-refractivity contribution is 0.0951. The van der Waals surface area contributed by atoms with Crippen molar-refractivity contribution in [2.75, 3.05) is 7.11 Å². The van der Waals surface area contributed by atoms with Gasteiger partial charge >= 0.3 is 0 Å². The molecule has 76 valence electrons. The van der Waals surface area contributed by atoms with Gasteiger partial charge in [-0.15, -0.1) is 0 Å². The number of rotatable bonds is 1. The molecule has 0 fully saturated rings. The van der Waals surface area contributed by atoms with E-state index in [0.29, 0.717) is 0 Å². The summed E-state index contributed by atoms with van der Waals surface area (Å²) < 4.78 is 5.54. The summed E-state index contributed by atoms with van der Waals surface area (Å²) in [5, 5.41) is 2.75. The highest BCUT2D eigenvalue weighted by molar-refractivity contribution is 5.89. The van der Waals surface area contributed by atoms with Crippen LogP contribution in [0.25, 0.3) is 10.8 Å². The van der Waals surface area contributed by atoms with Gasteiger partial charge in [0.25, 0.3) is 0 Å². The van der Waals surface area contributed by atoms with Gasteiger partial charge in [-0.25, -0.2) is 0 Å². The van der Waals surface area contributed by atoms with Crippen molar-refractivity contribution in [3.05, 3.63) is 47.5 Å². The molecule has 0 saturated carbocycles. The summed E-state index contributed by atoms with van der Waals surface area (Å²) >= 11 is 0. The van der Waals surface area contributed by atoms with Gasteiger partial charge in [0, 0.05) is 7.11 Å². The first-order valence-electron chi connectivity index (χ1n) is 5.43. The van der Waals surface area contributed by atoms with Crippen molar-refractivity contribution in [3.63, 3.8) is 0 Å². The molecule has 2 aromatic carbocycles. The fourth-order valence-corrected chi connectivity index (χ4v) is 2.61. The molecule has 0 saturated heterocycles. The minimum absolute atomic E-state index is 0.281. The van der Waals surface area contributed by atoms with Crippen molar-refractivity contribution in [2.45, 2.75) is 18.9 Å². The molecule has 15 heavy (non-hydrogen) atoms. The fraction of sp³-hybridized carbons (Fsp3) is 0.286. The zero-order valence-electron chi connectivity index (χ0n) is 8.86. The highest BCUT2D eigenvalue weighted by atomic mass is 16.5. The molecular formula is C14H14O. The number of aryl methyl sites for hydroxylation is 1. The molecule has 0 N–H and O–H groups in total. The minimum atomic E-state index is 0.281. The molecule has 1 aliphatic carbocycles. The lowest BCUT2D eigenvalue weighted by atomic mass is 9.87. The maximum Gasteiger partial charge on any atom is 0.0830 e. The Morgan fingerprint density at radius 1 is 1.13 bits per heavy atom. The molecule has 0 heterocycles. The Labute approximate surface area is 89.7 Å². The van der Waals surface area contributed by atoms with Crippen molar-refractivity contribution >= 4 is 10.8 Å². The summed E-state index contributed by atoms with van der Waals surface area (Å²) in [7, 11) is 1.80. The second-order valence-electron chi connectivity index (χ2n) is 4.13. The topological polar surface area (TPSA) is 9.23 Å². The van der Waals surface area contributed by atoms with Gasteiger partial charge in [-0.1, -0.05) is 36.4 Å². The van der Waals surface area contributed by atoms with Gasteiger partial charge in [-0.05, 0) is 34.7 Å². The van der Waals surface area contributed by atoms with Gasteiger partial charge in [0.15, 0.2) is 0 Å². The molecular weight excluding hydrogens is 184 g/mol. The van der Waals surface area contributed by atoms with Crippen LogP contribution in [0.15, 0.2) is 36.4 Å². The van der Waals surface area contributed by atoms with Crippen LogP contribution >= 0.6 is 0 Å². The van der Waals surface area contributed by atoms with Crippen molar-refractivity contribution in [3.8, 4) is 0 Å². The monoisotopic (exact) mass is 198 g/mol. The van der Waals surface area contributed by atoms with Crippen molar-refractivity contribution in [1.82, 2.24) is 0 Å². The molecule has 0 aliphatic heterocycles. The van der Waals surface area contributed by atoms with Crippen molar-refractivity contribution in [2.24, 2.45) is 0 Å². The predicted molar refractivity (Wildman–Crippen MR) is 62.0 cm³/mol. The van der Waals surface area contributed by atoms with E-state index in [1.165, 1.54) is 21.9 Å². The molecule has 1 aliphatic rings. The summed E-state index contributed by atoms with van der Waals surface area (Å²) in [4.78, 5) is 0. The first-order valence-corrected chi connectivity index (χ1v) is 5.43. The lowest BCUT2D eigenvalue weighted by Crippen LogP contribution is -2.09. The van der Waals surface area contributed by atoms with Crippen LogP contribution in [0.5, 0.6) is 0 Å². The Morgan fingerprint density at radius 3 is 2.73 bits per heavy atom. The summed E-state index contributed by atoms with van der Waals surface area (Å²) in [6.45, 7) is 0. The molecule has 1 unspecified atom stereocenters. The third kappa shape index (κ3) is 1.27. The van der Waals surface area contributed by atoms with Crippen LogP contribution in [0.1, 0.15) is 23.7 Å². The van der Waals surface area contributed by atoms with Crippen LogP contribution in [-0.4, -0.2) is 7.11 Å². The predicted octanol–water partition coefficient (Wildman–Crippen LogP) is 3.47. The minimum Gasteiger partial charge on any atom is -0.377 e. The molecule has 0 spiro atoms. The quantitative estimate of drug-likeness (QED) is 0.681. The van der Waals surface area contributed by atoms with E-state index in [1.807, 2.05) is 0 Å². The van der Waals surface area contributed by atoms with Crippen LogP contribution in [0.4, 0.5) is 0 Å². The summed E-state index contributed by atoms with van der Waals surface area (Å²) in [5.74, 6) is 0. The molecule has 0 radical (unpaired) electrons. The second kappa shape index (κ2) is 3.35. The molecule has 0 amide bonds. The Morgan fingerprint density at radius 2 is 1.93 bits per heavy atom. The maximum absolute atomic E-state index is 5.54. The number of methoxy groups -OCH3 is 1. The van der Waals surface area contributed by atoms with E-state index in [9.17, 15) is 0 Å². The smallest absolute Gasteiger partial charge is 0.0830 e. The Balaban J connectivity index is 2.36. The standard InChI is InChI=1S/C14H14O/c1-15-13-9-8-11-5-2-4-10-6-3-7-12(13)14(10)11/h2-7,13H,8-9H2,1H3. The largest absolute Gasteiger partial charge is 0.377 e. The average molecular weight is 198 g/mol. The highest BCUT2D eigenvalue weighted by Crippen LogP contribution is 2.36. The van der Waals surface area contributed by atoms with Gasteiger partial charge in [0.05, 0.1) is 6.10 Å². The molecule has 0 bridgehead atoms. The third-order valence-electron chi connectivity index (χ3n) is 3.33. The van der Waals surface area contributed by atoms with Crippen molar-refractivity contribution in [1.29, 1.82) is 0 Å². The second-order valence-corrected chi connectivity index (χ2v) is 4.13. The normalized spacial score (nSPS) is 19.4. The number of benzene rings is 2. The van der Waals surface area contributed by atoms with E-state index in [4.69, 9.17) is 4.74 Å². The van der Waals surface area contributed by atoms with E-state index >= 15 is 0 Å². The van der Waals surface area contributed by atoms with Gasteiger partial charge < -0.3 is 4.74 Å². The van der Waals surface area contributed by atoms with Crippen LogP contribution in [0.3, 0.4) is 0 Å². The Bertz CT molecular complexity index is 496. The van der Waals surface area contributed by atoms with Crippen LogP contribution < -0.4 is 0 Å². The van der Waals surface area contributed by atoms with E-state index in [1.54, 1.807) is 7.11 Å². The van der Waals surface area contributed by atoms with Gasteiger partial charge in [-0.2, -0.15) is 0 Å². The Hall–Kier alpha value is -1.34. The van der Waals surface area contributed by atoms with E-state index in [2.05, 4.69) is 36.4 Å². The Kier molecular flexibility index (Phi) is 2.00. The molecule has 0 aromatic heterocycles. The van der Waals surface area contributed by atoms with Crippen LogP contribution in [0.2, 0.25) is 0 Å². The average Bonchev–Trinajstić information content (AvgIpc) is 2.30. The van der Waals surface area contributed by atoms with Crippen molar-refractivity contribution < 1.29 is 4.74 Å². The highest BCUT2D eigenvalue weighted by Gasteiger charge is 2.20. The molecule has 3 rings (SSSR count). The molecule has 1 heteroatoms. The van der Waals surface area contributed by atoms with Gasteiger partial charge in [0.2, 0.25) is 0 Å². The molecule has 1 atom stereocenters. The number of hydrogen-bond donors (Lipinski definition) is 0. The van der Waals surface area contributed by atoms with E-state index < -0.39 is 0 Å². The van der Waals surface area contributed by atoms with Crippen LogP contribution in [-0.2, 0) is 11.2 Å². The lowest BCUT2D eigenvalue weighted by Gasteiger charge is -2.24. The van der Waals surface area contributed by atoms with E-state index in [0.717, 1.165) is 12.8 Å². The third-order valence-corrected chi connectivity index (χ3v) is 3.33. The number of ether oxygens (including phenoxy) is 1. The fourth-order valence-electron chi connectivity index (χ4n) is 2.61. The van der Waals surface area contributed by atoms with Gasteiger partial charge in [-0.3, -0.25) is 0 Å². The zero-order chi connectivity index (χ0) is 10.3. The summed E-state index contributed by atoms with van der Waals surface area (Å²) in [5.41, 5.74) is 2.83. The summed E-state index contributed by atoms with van der Waals surface area (Å²) in [6.07, 6.45) is 2.52. The maximum atomic E-state index is 5.54. The molecule has 2 aromatic rings. The zero-order valence-corrected chi connectivity index (χ0v) is 8.86. The first-order chi connectivity index (χ1) is 7.40.